The number of aromatic nitrogens is 2. The Bertz CT molecular complexity index is 1280. The molecule has 3 aliphatic rings. The molecule has 1 aromatic carbocycles. The summed E-state index contributed by atoms with van der Waals surface area (Å²) in [4.78, 5) is 14.7. The van der Waals surface area contributed by atoms with E-state index in [9.17, 15) is 22.0 Å². The van der Waals surface area contributed by atoms with Gasteiger partial charge >= 0.3 is 6.09 Å². The molecule has 1 aromatic heterocycles. The number of amides is 1. The van der Waals surface area contributed by atoms with Gasteiger partial charge in [-0.05, 0) is 58.2 Å². The second kappa shape index (κ2) is 10.2. The maximum Gasteiger partial charge on any atom is 0.407 e. The lowest BCUT2D eigenvalue weighted by Crippen LogP contribution is -2.52. The van der Waals surface area contributed by atoms with E-state index in [0.717, 1.165) is 40.7 Å². The Morgan fingerprint density at radius 2 is 1.92 bits per heavy atom. The minimum absolute atomic E-state index is 0.0302. The number of carbonyl (C=O) groups excluding carboxylic acids is 1. The highest BCUT2D eigenvalue weighted by Crippen LogP contribution is 2.36. The molecule has 2 fully saturated rings. The molecule has 0 unspecified atom stereocenters. The highest BCUT2D eigenvalue weighted by atomic mass is 32.2. The van der Waals surface area contributed by atoms with E-state index in [4.69, 9.17) is 9.47 Å². The molecular formula is C26H34F2N4O5S. The van der Waals surface area contributed by atoms with Crippen molar-refractivity contribution in [1.82, 2.24) is 19.4 Å². The lowest BCUT2D eigenvalue weighted by molar-refractivity contribution is -0.0629. The fourth-order valence-electron chi connectivity index (χ4n) is 5.58. The summed E-state index contributed by atoms with van der Waals surface area (Å²) in [6, 6.07) is 2.31. The summed E-state index contributed by atoms with van der Waals surface area (Å²) in [6.45, 7) is 6.34. The van der Waals surface area contributed by atoms with Crippen molar-refractivity contribution >= 4 is 16.1 Å². The zero-order chi connectivity index (χ0) is 27.2. The van der Waals surface area contributed by atoms with Gasteiger partial charge in [0.25, 0.3) is 10.0 Å². The van der Waals surface area contributed by atoms with Crippen molar-refractivity contribution in [2.75, 3.05) is 6.61 Å². The van der Waals surface area contributed by atoms with Crippen LogP contribution in [-0.4, -0.2) is 58.1 Å². The van der Waals surface area contributed by atoms with E-state index < -0.39 is 45.5 Å². The molecular weight excluding hydrogens is 518 g/mol. The van der Waals surface area contributed by atoms with Crippen LogP contribution in [0.15, 0.2) is 24.4 Å². The molecule has 0 bridgehead atoms. The number of hydrogen-bond donors (Lipinski definition) is 1. The van der Waals surface area contributed by atoms with Crippen LogP contribution in [0.5, 0.6) is 0 Å². The molecule has 1 saturated carbocycles. The van der Waals surface area contributed by atoms with Crippen LogP contribution in [0, 0.1) is 11.6 Å². The second-order valence-electron chi connectivity index (χ2n) is 11.4. The number of nitrogens with zero attached hydrogens (tertiary/aromatic N) is 3. The van der Waals surface area contributed by atoms with Gasteiger partial charge in [0.2, 0.25) is 0 Å². The highest BCUT2D eigenvalue weighted by molar-refractivity contribution is 7.90. The number of alkyl carbamates (subject to hydrolysis) is 1. The summed E-state index contributed by atoms with van der Waals surface area (Å²) in [7, 11) is -3.51. The normalized spacial score (nSPS) is 24.9. The molecule has 12 heteroatoms. The third-order valence-corrected chi connectivity index (χ3v) is 9.43. The molecule has 1 N–H and O–H groups in total. The molecule has 5 rings (SSSR count). The molecule has 3 atom stereocenters. The monoisotopic (exact) mass is 552 g/mol. The van der Waals surface area contributed by atoms with Gasteiger partial charge in [-0.3, -0.25) is 4.90 Å². The fourth-order valence-corrected chi connectivity index (χ4v) is 7.30. The molecule has 1 saturated heterocycles. The maximum absolute atomic E-state index is 14.7. The van der Waals surface area contributed by atoms with Crippen LogP contribution in [-0.2, 0) is 32.6 Å². The Morgan fingerprint density at radius 1 is 1.18 bits per heavy atom. The molecule has 208 valence electrons. The molecule has 0 spiro atoms. The van der Waals surface area contributed by atoms with Gasteiger partial charge in [-0.15, -0.1) is 0 Å². The predicted octanol–water partition coefficient (Wildman–Crippen LogP) is 4.02. The Balaban J connectivity index is 1.31. The van der Waals surface area contributed by atoms with Crippen molar-refractivity contribution in [2.24, 2.45) is 0 Å². The lowest BCUT2D eigenvalue weighted by atomic mass is 9.92. The number of carbonyl (C=O) groups is 1. The van der Waals surface area contributed by atoms with Crippen molar-refractivity contribution in [2.45, 2.75) is 95.0 Å². The van der Waals surface area contributed by atoms with Crippen LogP contribution < -0.4 is 5.32 Å². The van der Waals surface area contributed by atoms with Crippen molar-refractivity contribution in [3.8, 4) is 0 Å². The van der Waals surface area contributed by atoms with Gasteiger partial charge in [0, 0.05) is 36.5 Å². The zero-order valence-corrected chi connectivity index (χ0v) is 22.6. The van der Waals surface area contributed by atoms with Gasteiger partial charge in [0.05, 0.1) is 23.6 Å². The number of halogens is 2. The van der Waals surface area contributed by atoms with Gasteiger partial charge in [0.15, 0.2) is 0 Å². The topological polar surface area (TPSA) is 103 Å². The summed E-state index contributed by atoms with van der Waals surface area (Å²) in [6.07, 6.45) is 3.58. The molecule has 2 aromatic rings. The molecule has 9 nitrogen and oxygen atoms in total. The van der Waals surface area contributed by atoms with Gasteiger partial charge in [-0.25, -0.2) is 22.0 Å². The Kier molecular flexibility index (Phi) is 7.25. The van der Waals surface area contributed by atoms with Crippen molar-refractivity contribution in [3.05, 3.63) is 52.9 Å². The largest absolute Gasteiger partial charge is 0.444 e. The van der Waals surface area contributed by atoms with Crippen LogP contribution in [0.2, 0.25) is 0 Å². The van der Waals surface area contributed by atoms with E-state index >= 15 is 0 Å². The summed E-state index contributed by atoms with van der Waals surface area (Å²) >= 11 is 0. The SMILES string of the molecule is CC(C)(C)OC(=O)N[C@H]1C[C@@H](N2Cc3cn(S(=O)(=O)C4CCCC4)nc3C2)CO[C@@H]1c1cc(F)ccc1F. The van der Waals surface area contributed by atoms with E-state index in [1.165, 1.54) is 0 Å². The number of rotatable bonds is 5. The minimum atomic E-state index is -3.51. The quantitative estimate of drug-likeness (QED) is 0.598. The summed E-state index contributed by atoms with van der Waals surface area (Å²) in [5.41, 5.74) is 0.825. The van der Waals surface area contributed by atoms with E-state index in [-0.39, 0.29) is 23.5 Å². The number of benzene rings is 1. The minimum Gasteiger partial charge on any atom is -0.444 e. The highest BCUT2D eigenvalue weighted by Gasteiger charge is 2.41. The number of hydrogen-bond acceptors (Lipinski definition) is 7. The summed E-state index contributed by atoms with van der Waals surface area (Å²) in [5, 5.41) is 6.82. The molecule has 0 radical (unpaired) electrons. The first kappa shape index (κ1) is 27.0. The molecule has 38 heavy (non-hydrogen) atoms. The fraction of sp³-hybridized carbons (Fsp3) is 0.615. The van der Waals surface area contributed by atoms with Gasteiger partial charge in [0.1, 0.15) is 23.3 Å². The van der Waals surface area contributed by atoms with Gasteiger partial charge in [-0.1, -0.05) is 12.8 Å². The molecule has 2 aliphatic heterocycles. The third-order valence-electron chi connectivity index (χ3n) is 7.41. The molecule has 3 heterocycles. The Morgan fingerprint density at radius 3 is 2.61 bits per heavy atom. The Labute approximate surface area is 221 Å². The first-order valence-electron chi connectivity index (χ1n) is 13.0. The average Bonchev–Trinajstić information content (AvgIpc) is 3.57. The zero-order valence-electron chi connectivity index (χ0n) is 21.8. The van der Waals surface area contributed by atoms with Crippen molar-refractivity contribution < 1.29 is 31.5 Å². The average molecular weight is 553 g/mol. The van der Waals surface area contributed by atoms with Crippen LogP contribution in [0.1, 0.15) is 75.8 Å². The van der Waals surface area contributed by atoms with E-state index in [2.05, 4.69) is 15.3 Å². The van der Waals surface area contributed by atoms with Crippen LogP contribution in [0.25, 0.3) is 0 Å². The maximum atomic E-state index is 14.7. The summed E-state index contributed by atoms with van der Waals surface area (Å²) in [5.74, 6) is -1.22. The molecule has 1 amide bonds. The van der Waals surface area contributed by atoms with Gasteiger partial charge < -0.3 is 14.8 Å². The number of fused-ring (bicyclic) bond motifs is 1. The molecule has 1 aliphatic carbocycles. The van der Waals surface area contributed by atoms with E-state index in [1.54, 1.807) is 27.0 Å². The smallest absolute Gasteiger partial charge is 0.407 e. The van der Waals surface area contributed by atoms with E-state index in [1.807, 2.05) is 0 Å². The lowest BCUT2D eigenvalue weighted by Gasteiger charge is -2.40. The standard InChI is InChI=1S/C26H34F2N4O5S/c1-26(2,3)37-25(33)29-22-11-18(15-36-24(22)20-10-17(27)8-9-21(20)28)31-12-16-13-32(30-23(16)14-31)38(34,35)19-6-4-5-7-19/h8-10,13,18-19,22,24H,4-7,11-12,14-15H2,1-3H3,(H,29,33)/t18-,22+,24-/m1/s1. The third kappa shape index (κ3) is 5.57. The second-order valence-corrected chi connectivity index (χ2v) is 13.5. The number of nitrogens with one attached hydrogen (secondary N) is 1. The van der Waals surface area contributed by atoms with Crippen molar-refractivity contribution in [3.63, 3.8) is 0 Å². The van der Waals surface area contributed by atoms with Gasteiger partial charge in [-0.2, -0.15) is 9.19 Å². The first-order chi connectivity index (χ1) is 17.9. The van der Waals surface area contributed by atoms with Crippen LogP contribution in [0.3, 0.4) is 0 Å². The first-order valence-corrected chi connectivity index (χ1v) is 14.5. The number of ether oxygens (including phenoxy) is 2. The van der Waals surface area contributed by atoms with Crippen molar-refractivity contribution in [1.29, 1.82) is 0 Å². The van der Waals surface area contributed by atoms with Crippen LogP contribution >= 0.6 is 0 Å². The van der Waals surface area contributed by atoms with Crippen LogP contribution in [0.4, 0.5) is 13.6 Å². The summed E-state index contributed by atoms with van der Waals surface area (Å²) < 4.78 is 67.1. The Hall–Kier alpha value is -2.57. The predicted molar refractivity (Wildman–Crippen MR) is 135 cm³/mol. The van der Waals surface area contributed by atoms with E-state index in [0.29, 0.717) is 38.0 Å².